The zero-order valence-electron chi connectivity index (χ0n) is 19.1. The SMILES string of the molecule is BrCc1ccc(COc2ccccn2)cc1.OCc1ccc(COc2ccccn2)cc1.[B]=NS. The van der Waals surface area contributed by atoms with Gasteiger partial charge < -0.3 is 14.6 Å². The third-order valence-corrected chi connectivity index (χ3v) is 5.08. The van der Waals surface area contributed by atoms with Crippen LogP contribution in [0.15, 0.2) is 102 Å². The molecule has 1 radical (unpaired) electrons. The zero-order valence-corrected chi connectivity index (χ0v) is 21.6. The Labute approximate surface area is 221 Å². The number of nitrogens with zero attached hydrogens (tertiary/aromatic N) is 3. The fraction of sp³-hybridized carbons (Fsp3) is 0.154. The molecule has 6 nitrogen and oxygen atoms in total. The summed E-state index contributed by atoms with van der Waals surface area (Å²) in [4.78, 5) is 8.16. The molecule has 0 saturated heterocycles. The van der Waals surface area contributed by atoms with E-state index >= 15 is 0 Å². The quantitative estimate of drug-likeness (QED) is 0.162. The van der Waals surface area contributed by atoms with Crippen LogP contribution >= 0.6 is 28.7 Å². The first-order valence-electron chi connectivity index (χ1n) is 10.6. The van der Waals surface area contributed by atoms with Gasteiger partial charge in [0.15, 0.2) is 0 Å². The van der Waals surface area contributed by atoms with E-state index in [-0.39, 0.29) is 6.61 Å². The van der Waals surface area contributed by atoms with Gasteiger partial charge in [-0.25, -0.2) is 9.97 Å². The second-order valence-corrected chi connectivity index (χ2v) is 7.75. The molecule has 2 aromatic carbocycles. The summed E-state index contributed by atoms with van der Waals surface area (Å²) in [7, 11) is 4.34. The van der Waals surface area contributed by atoms with E-state index in [0.717, 1.165) is 22.0 Å². The van der Waals surface area contributed by atoms with E-state index < -0.39 is 0 Å². The van der Waals surface area contributed by atoms with Gasteiger partial charge in [-0.1, -0.05) is 76.6 Å². The van der Waals surface area contributed by atoms with Gasteiger partial charge in [0.1, 0.15) is 13.2 Å². The Kier molecular flexibility index (Phi) is 14.1. The van der Waals surface area contributed by atoms with E-state index in [4.69, 9.17) is 14.6 Å². The number of pyridine rings is 2. The average molecular weight is 551 g/mol. The zero-order chi connectivity index (χ0) is 25.1. The minimum absolute atomic E-state index is 0.0708. The molecule has 2 heterocycles. The first-order valence-corrected chi connectivity index (χ1v) is 12.1. The van der Waals surface area contributed by atoms with Crippen molar-refractivity contribution in [1.29, 1.82) is 0 Å². The molecule has 0 spiro atoms. The Balaban J connectivity index is 0.000000222. The molecule has 2 aromatic heterocycles. The van der Waals surface area contributed by atoms with Gasteiger partial charge in [-0.05, 0) is 34.4 Å². The second kappa shape index (κ2) is 17.4. The van der Waals surface area contributed by atoms with Gasteiger partial charge in [-0.2, -0.15) is 0 Å². The van der Waals surface area contributed by atoms with E-state index in [1.807, 2.05) is 60.7 Å². The Morgan fingerprint density at radius 2 is 1.11 bits per heavy atom. The first-order chi connectivity index (χ1) is 17.2. The summed E-state index contributed by atoms with van der Waals surface area (Å²) in [5.74, 6) is 1.28. The summed E-state index contributed by atoms with van der Waals surface area (Å²) in [6.07, 6.45) is 3.42. The van der Waals surface area contributed by atoms with Crippen molar-refractivity contribution in [2.45, 2.75) is 25.2 Å². The first kappa shape index (κ1) is 28.2. The van der Waals surface area contributed by atoms with Gasteiger partial charge >= 0.3 is 24.8 Å². The van der Waals surface area contributed by atoms with Crippen molar-refractivity contribution in [1.82, 2.24) is 9.97 Å². The van der Waals surface area contributed by atoms with E-state index in [1.165, 1.54) is 5.56 Å². The molecule has 0 fully saturated rings. The van der Waals surface area contributed by atoms with Crippen molar-refractivity contribution < 1.29 is 14.6 Å². The molecule has 0 atom stereocenters. The van der Waals surface area contributed by atoms with E-state index in [2.05, 4.69) is 74.9 Å². The van der Waals surface area contributed by atoms with Crippen LogP contribution in [0.2, 0.25) is 0 Å². The van der Waals surface area contributed by atoms with Gasteiger partial charge in [-0.3, -0.25) is 0 Å². The topological polar surface area (TPSA) is 76.8 Å². The molecular weight excluding hydrogens is 525 g/mol. The summed E-state index contributed by atoms with van der Waals surface area (Å²) in [5.41, 5.74) is 4.38. The Bertz CT molecular complexity index is 1000. The van der Waals surface area contributed by atoms with Crippen molar-refractivity contribution in [3.8, 4) is 11.8 Å². The van der Waals surface area contributed by atoms with Crippen molar-refractivity contribution >= 4 is 36.4 Å². The molecule has 179 valence electrons. The van der Waals surface area contributed by atoms with Crippen LogP contribution in [-0.2, 0) is 25.2 Å². The van der Waals surface area contributed by atoms with Gasteiger partial charge in [0, 0.05) is 29.9 Å². The standard InChI is InChI=1S/C13H12BrNO.C13H13NO2.BHNS/c14-9-11-4-6-12(7-5-11)10-16-13-3-1-2-8-15-13;15-9-11-4-6-12(7-5-11)10-16-13-3-1-2-8-14-13;1-2-3/h1-8H,9-10H2;1-8,15H,9-10H2;3H. The number of alkyl halides is 1. The fourth-order valence-electron chi connectivity index (χ4n) is 2.64. The van der Waals surface area contributed by atoms with E-state index in [0.29, 0.717) is 25.0 Å². The number of aliphatic hydroxyl groups is 1. The monoisotopic (exact) mass is 550 g/mol. The van der Waals surface area contributed by atoms with E-state index in [9.17, 15) is 0 Å². The number of benzene rings is 2. The van der Waals surface area contributed by atoms with Crippen LogP contribution in [0.3, 0.4) is 0 Å². The minimum atomic E-state index is 0.0708. The summed E-state index contributed by atoms with van der Waals surface area (Å²) in [6.45, 7) is 1.11. The molecular formula is C26H26BBrN3O3S. The molecule has 0 amide bonds. The third-order valence-electron chi connectivity index (χ3n) is 4.43. The molecule has 0 saturated carbocycles. The van der Waals surface area contributed by atoms with Crippen molar-refractivity contribution in [3.05, 3.63) is 120 Å². The normalized spacial score (nSPS) is 9.54. The number of thiol groups is 1. The molecule has 0 aliphatic rings. The number of rotatable bonds is 8. The van der Waals surface area contributed by atoms with Crippen LogP contribution in [0.5, 0.6) is 11.8 Å². The number of aliphatic hydroxyl groups excluding tert-OH is 1. The predicted octanol–water partition coefficient (Wildman–Crippen LogP) is 5.89. The van der Waals surface area contributed by atoms with Gasteiger partial charge in [0.05, 0.1) is 6.61 Å². The van der Waals surface area contributed by atoms with Crippen molar-refractivity contribution in [3.63, 3.8) is 0 Å². The van der Waals surface area contributed by atoms with Crippen LogP contribution in [0.4, 0.5) is 0 Å². The molecule has 0 aliphatic heterocycles. The summed E-state index contributed by atoms with van der Waals surface area (Å²) in [6, 6.07) is 27.2. The molecule has 4 rings (SSSR count). The number of hydrogen-bond acceptors (Lipinski definition) is 7. The third kappa shape index (κ3) is 11.8. The molecule has 4 aromatic rings. The number of hydrogen-bond donors (Lipinski definition) is 2. The van der Waals surface area contributed by atoms with Crippen molar-refractivity contribution in [2.24, 2.45) is 4.30 Å². The van der Waals surface area contributed by atoms with Gasteiger partial charge in [0.25, 0.3) is 0 Å². The number of ether oxygens (including phenoxy) is 2. The fourth-order valence-corrected chi connectivity index (χ4v) is 3.02. The van der Waals surface area contributed by atoms with Crippen molar-refractivity contribution in [2.75, 3.05) is 0 Å². The molecule has 9 heteroatoms. The number of halogens is 1. The maximum atomic E-state index is 8.90. The Hall–Kier alpha value is -3.01. The molecule has 1 N–H and O–H groups in total. The van der Waals surface area contributed by atoms with Crippen LogP contribution in [0, 0.1) is 0 Å². The summed E-state index contributed by atoms with van der Waals surface area (Å²) in [5, 5.41) is 9.78. The van der Waals surface area contributed by atoms with Crippen LogP contribution < -0.4 is 9.47 Å². The second-order valence-electron chi connectivity index (χ2n) is 6.95. The number of aromatic nitrogens is 2. The summed E-state index contributed by atoms with van der Waals surface area (Å²) < 4.78 is 13.7. The van der Waals surface area contributed by atoms with Gasteiger partial charge in [-0.15, -0.1) is 0 Å². The predicted molar refractivity (Wildman–Crippen MR) is 146 cm³/mol. The van der Waals surface area contributed by atoms with Crippen LogP contribution in [0.1, 0.15) is 22.3 Å². The van der Waals surface area contributed by atoms with Crippen LogP contribution in [0.25, 0.3) is 0 Å². The molecule has 0 bridgehead atoms. The average Bonchev–Trinajstić information content (AvgIpc) is 2.93. The summed E-state index contributed by atoms with van der Waals surface area (Å²) >= 11 is 6.61. The molecule has 0 aliphatic carbocycles. The Morgan fingerprint density at radius 1 is 0.714 bits per heavy atom. The van der Waals surface area contributed by atoms with E-state index in [1.54, 1.807) is 12.4 Å². The van der Waals surface area contributed by atoms with Gasteiger partial charge in [0.2, 0.25) is 11.8 Å². The maximum absolute atomic E-state index is 8.90. The van der Waals surface area contributed by atoms with Crippen LogP contribution in [-0.4, -0.2) is 22.7 Å². The Morgan fingerprint density at radius 3 is 1.46 bits per heavy atom. The molecule has 35 heavy (non-hydrogen) atoms. The molecule has 0 unspecified atom stereocenters.